The molecule has 4 atom stereocenters. The summed E-state index contributed by atoms with van der Waals surface area (Å²) in [5.74, 6) is -0.484. The largest absolute Gasteiger partial charge is 0.455 e. The van der Waals surface area contributed by atoms with Crippen molar-refractivity contribution in [3.63, 3.8) is 0 Å². The first kappa shape index (κ1) is 27.7. The normalized spacial score (nSPS) is 20.6. The zero-order chi connectivity index (χ0) is 27.4. The van der Waals surface area contributed by atoms with E-state index >= 15 is 0 Å². The second-order valence-electron chi connectivity index (χ2n) is 9.72. The molecule has 6 heteroatoms. The minimum absolute atomic E-state index is 0.163. The molecule has 1 saturated heterocycles. The van der Waals surface area contributed by atoms with Gasteiger partial charge in [0.25, 0.3) is 0 Å². The van der Waals surface area contributed by atoms with Gasteiger partial charge in [0.1, 0.15) is 12.2 Å². The maximum absolute atomic E-state index is 13.4. The van der Waals surface area contributed by atoms with E-state index in [1.54, 1.807) is 0 Å². The first-order valence-electron chi connectivity index (χ1n) is 13.5. The number of carbonyl (C=O) groups is 1. The quantitative estimate of drug-likeness (QED) is 0.198. The number of ether oxygens (including phenoxy) is 5. The fourth-order valence-corrected chi connectivity index (χ4v) is 4.64. The lowest BCUT2D eigenvalue weighted by Crippen LogP contribution is -2.59. The Morgan fingerprint density at radius 3 is 1.38 bits per heavy atom. The molecule has 206 valence electrons. The molecule has 2 unspecified atom stereocenters. The average Bonchev–Trinajstić information content (AvgIpc) is 3.01. The van der Waals surface area contributed by atoms with Crippen LogP contribution in [0.25, 0.3) is 0 Å². The Hall–Kier alpha value is -3.81. The first-order chi connectivity index (χ1) is 19.8. The number of esters is 1. The molecule has 6 nitrogen and oxygen atoms in total. The van der Waals surface area contributed by atoms with Crippen LogP contribution in [0.3, 0.4) is 0 Å². The molecular weight excluding hydrogens is 504 g/mol. The van der Waals surface area contributed by atoms with Crippen LogP contribution < -0.4 is 0 Å². The van der Waals surface area contributed by atoms with Crippen molar-refractivity contribution in [2.45, 2.75) is 50.8 Å². The van der Waals surface area contributed by atoms with Gasteiger partial charge < -0.3 is 23.7 Å². The molecule has 5 rings (SSSR count). The van der Waals surface area contributed by atoms with E-state index in [0.717, 1.165) is 22.3 Å². The molecule has 4 aromatic carbocycles. The second-order valence-corrected chi connectivity index (χ2v) is 9.72. The maximum atomic E-state index is 13.4. The van der Waals surface area contributed by atoms with Gasteiger partial charge in [0.2, 0.25) is 0 Å². The fourth-order valence-electron chi connectivity index (χ4n) is 4.64. The summed E-state index contributed by atoms with van der Waals surface area (Å²) < 4.78 is 31.0. The maximum Gasteiger partial charge on any atom is 0.338 e. The monoisotopic (exact) mass is 538 g/mol. The van der Waals surface area contributed by atoms with E-state index in [-0.39, 0.29) is 13.2 Å². The van der Waals surface area contributed by atoms with Crippen LogP contribution in [0.1, 0.15) is 22.3 Å². The van der Waals surface area contributed by atoms with Crippen LogP contribution in [0, 0.1) is 0 Å². The van der Waals surface area contributed by atoms with Crippen LogP contribution in [0.5, 0.6) is 0 Å². The molecule has 0 N–H and O–H groups in total. The Balaban J connectivity index is 1.36. The van der Waals surface area contributed by atoms with Crippen LogP contribution >= 0.6 is 0 Å². The molecule has 4 aromatic rings. The third-order valence-corrected chi connectivity index (χ3v) is 6.73. The van der Waals surface area contributed by atoms with Crippen LogP contribution in [-0.4, -0.2) is 37.0 Å². The van der Waals surface area contributed by atoms with Crippen LogP contribution in [-0.2, 0) is 54.9 Å². The second kappa shape index (κ2) is 14.5. The fraction of sp³-hybridized carbons (Fsp3) is 0.265. The summed E-state index contributed by atoms with van der Waals surface area (Å²) in [6.45, 7) is 1.43. The topological polar surface area (TPSA) is 63.2 Å². The highest BCUT2D eigenvalue weighted by atomic mass is 16.6. The Morgan fingerprint density at radius 1 is 0.500 bits per heavy atom. The highest BCUT2D eigenvalue weighted by Gasteiger charge is 2.48. The van der Waals surface area contributed by atoms with Crippen molar-refractivity contribution in [2.75, 3.05) is 6.61 Å². The molecule has 1 fully saturated rings. The van der Waals surface area contributed by atoms with Gasteiger partial charge in [-0.05, 0) is 22.3 Å². The molecule has 1 heterocycles. The third kappa shape index (κ3) is 7.87. The number of benzene rings is 4. The van der Waals surface area contributed by atoms with Crippen molar-refractivity contribution in [3.8, 4) is 0 Å². The molecule has 0 saturated carbocycles. The summed E-state index contributed by atoms with van der Waals surface area (Å²) in [7, 11) is 0. The molecule has 1 aliphatic heterocycles. The van der Waals surface area contributed by atoms with E-state index in [1.165, 1.54) is 0 Å². The number of rotatable bonds is 13. The van der Waals surface area contributed by atoms with Crippen LogP contribution in [0.4, 0.5) is 0 Å². The van der Waals surface area contributed by atoms with Crippen molar-refractivity contribution < 1.29 is 28.5 Å². The van der Waals surface area contributed by atoms with Crippen molar-refractivity contribution in [1.82, 2.24) is 0 Å². The highest BCUT2D eigenvalue weighted by Crippen LogP contribution is 2.28. The molecule has 0 spiro atoms. The Morgan fingerprint density at radius 2 is 0.900 bits per heavy atom. The van der Waals surface area contributed by atoms with E-state index in [0.29, 0.717) is 19.8 Å². The molecule has 0 amide bonds. The van der Waals surface area contributed by atoms with E-state index in [2.05, 4.69) is 0 Å². The van der Waals surface area contributed by atoms with Crippen LogP contribution in [0.2, 0.25) is 0 Å². The zero-order valence-corrected chi connectivity index (χ0v) is 22.3. The molecule has 40 heavy (non-hydrogen) atoms. The van der Waals surface area contributed by atoms with E-state index in [1.807, 2.05) is 121 Å². The van der Waals surface area contributed by atoms with Crippen molar-refractivity contribution in [1.29, 1.82) is 0 Å². The predicted octanol–water partition coefficient (Wildman–Crippen LogP) is 5.88. The summed E-state index contributed by atoms with van der Waals surface area (Å²) in [6, 6.07) is 39.4. The lowest BCUT2D eigenvalue weighted by molar-refractivity contribution is -0.239. The lowest BCUT2D eigenvalue weighted by Gasteiger charge is -2.41. The van der Waals surface area contributed by atoms with Gasteiger partial charge in [-0.15, -0.1) is 0 Å². The van der Waals surface area contributed by atoms with E-state index in [4.69, 9.17) is 23.7 Å². The number of hydrogen-bond acceptors (Lipinski definition) is 6. The smallest absolute Gasteiger partial charge is 0.338 e. The Kier molecular flexibility index (Phi) is 10.1. The highest BCUT2D eigenvalue weighted by molar-refractivity contribution is 5.77. The Bertz CT molecular complexity index is 1280. The molecule has 1 aliphatic rings. The van der Waals surface area contributed by atoms with Gasteiger partial charge >= 0.3 is 5.97 Å². The van der Waals surface area contributed by atoms with Crippen molar-refractivity contribution >= 4 is 5.97 Å². The van der Waals surface area contributed by atoms with Crippen molar-refractivity contribution in [2.24, 2.45) is 0 Å². The van der Waals surface area contributed by atoms with Crippen molar-refractivity contribution in [3.05, 3.63) is 144 Å². The zero-order valence-electron chi connectivity index (χ0n) is 22.3. The number of cyclic esters (lactones) is 1. The number of hydrogen-bond donors (Lipinski definition) is 0. The molecule has 0 radical (unpaired) electrons. The van der Waals surface area contributed by atoms with Gasteiger partial charge in [-0.2, -0.15) is 0 Å². The minimum Gasteiger partial charge on any atom is -0.455 e. The van der Waals surface area contributed by atoms with E-state index in [9.17, 15) is 4.79 Å². The first-order valence-corrected chi connectivity index (χ1v) is 13.5. The predicted molar refractivity (Wildman–Crippen MR) is 151 cm³/mol. The van der Waals surface area contributed by atoms with E-state index < -0.39 is 30.4 Å². The molecule has 0 aromatic heterocycles. The standard InChI is InChI=1S/C34H34O6/c35-34-33(39-24-29-19-11-4-12-20-29)32(38-23-28-17-9-3-10-18-28)31(37-22-27-15-7-2-8-16-27)30(40-34)25-36-21-26-13-5-1-6-14-26/h1-20,30-33H,21-25H2/t30?,31-,32?,33+/m0/s1. The third-order valence-electron chi connectivity index (χ3n) is 6.73. The van der Waals surface area contributed by atoms with Gasteiger partial charge in [-0.25, -0.2) is 4.79 Å². The van der Waals surface area contributed by atoms with Crippen LogP contribution in [0.15, 0.2) is 121 Å². The van der Waals surface area contributed by atoms with Gasteiger partial charge in [0.15, 0.2) is 12.2 Å². The van der Waals surface area contributed by atoms with Gasteiger partial charge in [-0.3, -0.25) is 0 Å². The summed E-state index contributed by atoms with van der Waals surface area (Å²) >= 11 is 0. The SMILES string of the molecule is O=C1OC(COCc2ccccc2)[C@H](OCc2ccccc2)C(OCc2ccccc2)[C@H]1OCc1ccccc1. The summed E-state index contributed by atoms with van der Waals surface area (Å²) in [6.07, 6.45) is -2.95. The molecular formula is C34H34O6. The summed E-state index contributed by atoms with van der Waals surface area (Å²) in [4.78, 5) is 13.4. The number of carbonyl (C=O) groups excluding carboxylic acids is 1. The lowest BCUT2D eigenvalue weighted by atomic mass is 9.98. The van der Waals surface area contributed by atoms with Gasteiger partial charge in [-0.1, -0.05) is 121 Å². The van der Waals surface area contributed by atoms with Gasteiger partial charge in [0.05, 0.1) is 33.0 Å². The molecule has 0 aliphatic carbocycles. The summed E-state index contributed by atoms with van der Waals surface area (Å²) in [5.41, 5.74) is 3.98. The summed E-state index contributed by atoms with van der Waals surface area (Å²) in [5, 5.41) is 0. The Labute approximate surface area is 235 Å². The molecule has 0 bridgehead atoms. The minimum atomic E-state index is -0.963. The van der Waals surface area contributed by atoms with Gasteiger partial charge in [0, 0.05) is 0 Å². The average molecular weight is 539 g/mol.